The van der Waals surface area contributed by atoms with Crippen molar-refractivity contribution in [2.75, 3.05) is 49.7 Å². The Labute approximate surface area is 652 Å². The molecular weight excluding hydrogens is 1510 g/mol. The van der Waals surface area contributed by atoms with Crippen LogP contribution in [0.2, 0.25) is 0 Å². The van der Waals surface area contributed by atoms with E-state index in [0.29, 0.717) is 22.3 Å². The number of carboxylic acids is 3. The van der Waals surface area contributed by atoms with E-state index in [9.17, 15) is 102 Å². The molecule has 0 aromatic heterocycles. The number of aliphatic carboxylic acids is 3. The van der Waals surface area contributed by atoms with Gasteiger partial charge in [-0.3, -0.25) is 81.5 Å². The molecular formula is C71H93N15O22S3. The second kappa shape index (κ2) is 47.4. The summed E-state index contributed by atoms with van der Waals surface area (Å²) in [5, 5.41) is 82.0. The molecule has 4 rings (SSSR count). The fraction of sp³-hybridized carbons (Fsp3) is 0.423. The van der Waals surface area contributed by atoms with E-state index < -0.39 is 218 Å². The Kier molecular flexibility index (Phi) is 39.2. The van der Waals surface area contributed by atoms with Gasteiger partial charge in [0.05, 0.1) is 32.5 Å². The molecule has 0 radical (unpaired) electrons. The van der Waals surface area contributed by atoms with Crippen molar-refractivity contribution in [3.8, 4) is 11.5 Å². The SMILES string of the molecule is CSCC[C@H](NC(=O)[C@@H](Cc1ccc(O)cc1)NC(=O)[C@H](CS)NC(=O)[C@H](C)NC(=O)[C@H](Cc1ccc(O)cc1)NC(=O)[C@H](Cc1ccccc1)NC(=O)CNC(=O)[C@H](CC(=O)O)NC(=O)[C@H](CS)NC(=O)[C@H](Cc1ccccc1)NC(=O)CN)C(=O)N[C@@H](CC(=O)O)C(=O)N[C@H](C(=O)NCC(=O)NCC(=O)O)C(C)C. The number of carbonyl (C=O) groups is 17. The van der Waals surface area contributed by atoms with Crippen LogP contribution in [0.5, 0.6) is 11.5 Å². The minimum Gasteiger partial charge on any atom is -0.508 e. The van der Waals surface area contributed by atoms with Crippen LogP contribution in [0.25, 0.3) is 0 Å². The molecule has 0 spiro atoms. The van der Waals surface area contributed by atoms with E-state index in [2.05, 4.69) is 94.4 Å². The highest BCUT2D eigenvalue weighted by molar-refractivity contribution is 7.98. The Bertz CT molecular complexity index is 3910. The van der Waals surface area contributed by atoms with Crippen LogP contribution in [-0.4, -0.2) is 242 Å². The molecule has 14 amide bonds. The molecule has 111 heavy (non-hydrogen) atoms. The number of phenolic OH excluding ortho intramolecular Hbond substituents is 2. The van der Waals surface area contributed by atoms with Crippen LogP contribution in [-0.2, 0) is 107 Å². The third-order valence-electron chi connectivity index (χ3n) is 16.3. The minimum absolute atomic E-state index is 0.0289. The molecule has 0 saturated carbocycles. The van der Waals surface area contributed by atoms with E-state index in [-0.39, 0.29) is 55.1 Å². The van der Waals surface area contributed by atoms with E-state index in [1.807, 2.05) is 5.32 Å². The Morgan fingerprint density at radius 1 is 0.360 bits per heavy atom. The number of hydrogen-bond donors (Lipinski definition) is 22. The average Bonchev–Trinajstić information content (AvgIpc) is 0.855. The summed E-state index contributed by atoms with van der Waals surface area (Å²) in [6.07, 6.45) is -1.49. The molecule has 11 atom stereocenters. The van der Waals surface area contributed by atoms with Crippen LogP contribution in [0, 0.1) is 5.92 Å². The zero-order chi connectivity index (χ0) is 82.4. The van der Waals surface area contributed by atoms with Gasteiger partial charge < -0.3 is 106 Å². The number of benzene rings is 4. The standard InChI is InChI=1S/C71H93N15O22S3/c1-37(2)60(71(108)75-32-55(90)73-34-59(96)97)86-68(105)51(30-58(94)95)83-63(100)45(23-24-111-4)79-67(104)49(28-42-17-21-44(88)22-18-42)81-69(106)52(35-109)84-61(98)38(3)76-64(101)48(27-41-15-19-43(87)20-16-41)80-65(102)47(26-40-13-9-6-10-14-40)78-56(91)33-74-62(99)50(29-57(92)93)82-70(107)53(36-110)85-66(103)46(77-54(89)31-72)25-39-11-7-5-8-12-39/h5-22,37-38,45-53,60,87-88,109-110H,23-36,72H2,1-4H3,(H,73,90)(H,74,99)(H,75,108)(H,76,101)(H,77,89)(H,78,91)(H,79,104)(H,80,102)(H,81,106)(H,82,107)(H,83,100)(H,84,98)(H,85,103)(H,86,105)(H,92,93)(H,94,95)(H,96,97)/t38-,45-,46-,47-,48-,49+,50-,51-,52-,53-,60-/m0/s1. The highest BCUT2D eigenvalue weighted by Crippen LogP contribution is 2.16. The Hall–Kier alpha value is -11.5. The van der Waals surface area contributed by atoms with Gasteiger partial charge in [0.25, 0.3) is 0 Å². The number of carbonyl (C=O) groups excluding carboxylic acids is 14. The van der Waals surface area contributed by atoms with Crippen molar-refractivity contribution in [2.45, 2.75) is 132 Å². The highest BCUT2D eigenvalue weighted by atomic mass is 32.2. The molecule has 0 saturated heterocycles. The zero-order valence-electron chi connectivity index (χ0n) is 60.8. The van der Waals surface area contributed by atoms with E-state index in [4.69, 9.17) is 10.8 Å². The van der Waals surface area contributed by atoms with Crippen molar-refractivity contribution in [1.82, 2.24) is 74.4 Å². The Balaban J connectivity index is 1.53. The molecule has 37 nitrogen and oxygen atoms in total. The first-order chi connectivity index (χ1) is 52.6. The summed E-state index contributed by atoms with van der Waals surface area (Å²) in [5.74, 6) is -20.2. The van der Waals surface area contributed by atoms with Gasteiger partial charge in [0, 0.05) is 37.2 Å². The second-order valence-electron chi connectivity index (χ2n) is 25.4. The van der Waals surface area contributed by atoms with Crippen molar-refractivity contribution in [1.29, 1.82) is 0 Å². The van der Waals surface area contributed by atoms with Crippen LogP contribution >= 0.6 is 37.0 Å². The van der Waals surface area contributed by atoms with E-state index in [0.717, 1.165) is 0 Å². The molecule has 0 aliphatic carbocycles. The van der Waals surface area contributed by atoms with Gasteiger partial charge in [-0.05, 0) is 77.8 Å². The van der Waals surface area contributed by atoms with Crippen LogP contribution < -0.4 is 80.2 Å². The van der Waals surface area contributed by atoms with Crippen molar-refractivity contribution in [3.63, 3.8) is 0 Å². The number of rotatable bonds is 47. The maximum atomic E-state index is 14.5. The maximum Gasteiger partial charge on any atom is 0.322 e. The smallest absolute Gasteiger partial charge is 0.322 e. The normalized spacial score (nSPS) is 13.8. The van der Waals surface area contributed by atoms with Gasteiger partial charge in [-0.25, -0.2) is 0 Å². The molecule has 21 N–H and O–H groups in total. The molecule has 4 aromatic rings. The van der Waals surface area contributed by atoms with Crippen molar-refractivity contribution in [3.05, 3.63) is 131 Å². The molecule has 40 heteroatoms. The van der Waals surface area contributed by atoms with Crippen LogP contribution in [0.15, 0.2) is 109 Å². The van der Waals surface area contributed by atoms with Gasteiger partial charge in [-0.2, -0.15) is 37.0 Å². The average molecular weight is 1600 g/mol. The van der Waals surface area contributed by atoms with Crippen LogP contribution in [0.3, 0.4) is 0 Å². The fourth-order valence-electron chi connectivity index (χ4n) is 10.3. The number of amides is 14. The summed E-state index contributed by atoms with van der Waals surface area (Å²) in [7, 11) is 0. The molecule has 0 aliphatic rings. The van der Waals surface area contributed by atoms with Crippen LogP contribution in [0.1, 0.15) is 62.3 Å². The number of thioether (sulfide) groups is 1. The van der Waals surface area contributed by atoms with Gasteiger partial charge >= 0.3 is 17.9 Å². The number of nitrogens with two attached hydrogens (primary N) is 1. The van der Waals surface area contributed by atoms with Crippen molar-refractivity contribution >= 4 is 138 Å². The molecule has 602 valence electrons. The third-order valence-corrected chi connectivity index (χ3v) is 17.6. The molecule has 0 bridgehead atoms. The lowest BCUT2D eigenvalue weighted by Gasteiger charge is -2.28. The lowest BCUT2D eigenvalue weighted by Crippen LogP contribution is -2.61. The first kappa shape index (κ1) is 91.9. The molecule has 4 aromatic carbocycles. The minimum atomic E-state index is -1.88. The zero-order valence-corrected chi connectivity index (χ0v) is 63.4. The predicted molar refractivity (Wildman–Crippen MR) is 407 cm³/mol. The van der Waals surface area contributed by atoms with E-state index in [1.54, 1.807) is 66.9 Å². The first-order valence-corrected chi connectivity index (χ1v) is 37.1. The summed E-state index contributed by atoms with van der Waals surface area (Å²) in [5.41, 5.74) is 7.28. The summed E-state index contributed by atoms with van der Waals surface area (Å²) in [4.78, 5) is 227. The van der Waals surface area contributed by atoms with Gasteiger partial charge in [0.15, 0.2) is 0 Å². The number of carboxylic acid groups (broad SMARTS) is 3. The number of phenols is 2. The lowest BCUT2D eigenvalue weighted by atomic mass is 10.0. The third kappa shape index (κ3) is 33.5. The van der Waals surface area contributed by atoms with E-state index >= 15 is 0 Å². The van der Waals surface area contributed by atoms with E-state index in [1.165, 1.54) is 81.1 Å². The number of nitrogens with one attached hydrogen (secondary N) is 14. The number of aromatic hydroxyl groups is 2. The summed E-state index contributed by atoms with van der Waals surface area (Å²) < 4.78 is 0. The molecule has 0 unspecified atom stereocenters. The van der Waals surface area contributed by atoms with Crippen molar-refractivity contribution < 1.29 is 107 Å². The quantitative estimate of drug-likeness (QED) is 0.0185. The fourth-order valence-corrected chi connectivity index (χ4v) is 11.3. The van der Waals surface area contributed by atoms with Crippen molar-refractivity contribution in [2.24, 2.45) is 11.7 Å². The summed E-state index contributed by atoms with van der Waals surface area (Å²) in [6.45, 7) is 1.37. The van der Waals surface area contributed by atoms with Gasteiger partial charge in [-0.15, -0.1) is 0 Å². The van der Waals surface area contributed by atoms with Gasteiger partial charge in [-0.1, -0.05) is 98.8 Å². The highest BCUT2D eigenvalue weighted by Gasteiger charge is 2.37. The summed E-state index contributed by atoms with van der Waals surface area (Å²) >= 11 is 9.67. The van der Waals surface area contributed by atoms with Gasteiger partial charge in [0.1, 0.15) is 84.5 Å². The molecule has 0 heterocycles. The molecule has 0 fully saturated rings. The number of thiol groups is 2. The Morgan fingerprint density at radius 3 is 1.12 bits per heavy atom. The summed E-state index contributed by atoms with van der Waals surface area (Å²) in [6, 6.07) is 10.1. The Morgan fingerprint density at radius 2 is 0.703 bits per heavy atom. The first-order valence-electron chi connectivity index (χ1n) is 34.5. The topological polar surface area (TPSA) is 586 Å². The molecule has 0 aliphatic heterocycles. The largest absolute Gasteiger partial charge is 0.508 e. The van der Waals surface area contributed by atoms with Crippen LogP contribution in [0.4, 0.5) is 0 Å². The second-order valence-corrected chi connectivity index (χ2v) is 27.1. The lowest BCUT2D eigenvalue weighted by molar-refractivity contribution is -0.142. The predicted octanol–water partition coefficient (Wildman–Crippen LogP) is -4.67. The number of hydrogen-bond acceptors (Lipinski definition) is 23. The monoisotopic (exact) mass is 1600 g/mol. The van der Waals surface area contributed by atoms with Gasteiger partial charge in [0.2, 0.25) is 82.7 Å². The maximum absolute atomic E-state index is 14.5.